The van der Waals surface area contributed by atoms with Gasteiger partial charge in [-0.25, -0.2) is 0 Å². The smallest absolute Gasteiger partial charge is 0.0151 e. The minimum Gasteiger partial charge on any atom is -0.330 e. The van der Waals surface area contributed by atoms with Crippen LogP contribution in [0.1, 0.15) is 0 Å². The molecule has 0 aliphatic heterocycles. The number of hydrogen-bond acceptors (Lipinski definition) is 2. The van der Waals surface area contributed by atoms with E-state index in [2.05, 4.69) is 48.5 Å². The van der Waals surface area contributed by atoms with E-state index in [1.54, 1.807) is 0 Å². The van der Waals surface area contributed by atoms with Gasteiger partial charge in [-0.3, -0.25) is 0 Å². The van der Waals surface area contributed by atoms with E-state index in [4.69, 9.17) is 5.73 Å². The van der Waals surface area contributed by atoms with Crippen LogP contribution in [0.4, 0.5) is 0 Å². The van der Waals surface area contributed by atoms with E-state index in [0.717, 1.165) is 5.75 Å². The monoisotopic (exact) mass is 229 g/mol. The lowest BCUT2D eigenvalue weighted by atomic mass is 10.1. The third-order valence-electron chi connectivity index (χ3n) is 2.35. The highest BCUT2D eigenvalue weighted by Gasteiger charge is 2.03. The molecule has 0 atom stereocenters. The second-order valence-corrected chi connectivity index (χ2v) is 4.64. The van der Waals surface area contributed by atoms with Crippen LogP contribution in [0, 0.1) is 0 Å². The molecule has 0 amide bonds. The van der Waals surface area contributed by atoms with Crippen molar-refractivity contribution in [1.29, 1.82) is 0 Å². The molecule has 0 heterocycles. The highest BCUT2D eigenvalue weighted by molar-refractivity contribution is 7.99. The van der Waals surface area contributed by atoms with Gasteiger partial charge in [0.1, 0.15) is 0 Å². The summed E-state index contributed by atoms with van der Waals surface area (Å²) in [5.74, 6) is 0.962. The largest absolute Gasteiger partial charge is 0.330 e. The van der Waals surface area contributed by atoms with Crippen LogP contribution in [0.25, 0.3) is 11.1 Å². The molecule has 16 heavy (non-hydrogen) atoms. The van der Waals surface area contributed by atoms with Crippen molar-refractivity contribution in [2.75, 3.05) is 12.3 Å². The van der Waals surface area contributed by atoms with Gasteiger partial charge < -0.3 is 5.73 Å². The molecule has 0 fully saturated rings. The topological polar surface area (TPSA) is 26.0 Å². The van der Waals surface area contributed by atoms with Crippen LogP contribution in [0.3, 0.4) is 0 Å². The molecular weight excluding hydrogens is 214 g/mol. The van der Waals surface area contributed by atoms with E-state index in [9.17, 15) is 0 Å². The molecular formula is C14H15NS. The quantitative estimate of drug-likeness (QED) is 0.813. The lowest BCUT2D eigenvalue weighted by molar-refractivity contribution is 1.15. The van der Waals surface area contributed by atoms with Crippen LogP contribution in [0.15, 0.2) is 59.5 Å². The number of rotatable bonds is 4. The fourth-order valence-corrected chi connectivity index (χ4v) is 2.47. The number of hydrogen-bond donors (Lipinski definition) is 1. The van der Waals surface area contributed by atoms with E-state index in [-0.39, 0.29) is 0 Å². The van der Waals surface area contributed by atoms with Gasteiger partial charge in [0.05, 0.1) is 0 Å². The third kappa shape index (κ3) is 2.65. The summed E-state index contributed by atoms with van der Waals surface area (Å²) in [5, 5.41) is 0. The molecule has 0 aliphatic carbocycles. The van der Waals surface area contributed by atoms with Crippen LogP contribution in [0.5, 0.6) is 0 Å². The summed E-state index contributed by atoms with van der Waals surface area (Å²) in [7, 11) is 0. The Bertz CT molecular complexity index is 439. The van der Waals surface area contributed by atoms with Crippen LogP contribution >= 0.6 is 11.8 Å². The molecule has 0 aliphatic rings. The Morgan fingerprint density at radius 2 is 1.56 bits per heavy atom. The van der Waals surface area contributed by atoms with Gasteiger partial charge in [-0.1, -0.05) is 48.5 Å². The van der Waals surface area contributed by atoms with Gasteiger partial charge in [0.2, 0.25) is 0 Å². The Balaban J connectivity index is 2.33. The van der Waals surface area contributed by atoms with E-state index < -0.39 is 0 Å². The lowest BCUT2D eigenvalue weighted by Crippen LogP contribution is -2.01. The second-order valence-electron chi connectivity index (χ2n) is 3.50. The van der Waals surface area contributed by atoms with Crippen LogP contribution in [-0.4, -0.2) is 12.3 Å². The Kier molecular flexibility index (Phi) is 4.03. The van der Waals surface area contributed by atoms with Gasteiger partial charge in [0.15, 0.2) is 0 Å². The summed E-state index contributed by atoms with van der Waals surface area (Å²) in [5.41, 5.74) is 8.10. The van der Waals surface area contributed by atoms with Crippen molar-refractivity contribution in [3.05, 3.63) is 54.6 Å². The molecule has 0 unspecified atom stereocenters. The van der Waals surface area contributed by atoms with Gasteiger partial charge in [-0.05, 0) is 17.2 Å². The molecule has 2 aromatic rings. The van der Waals surface area contributed by atoms with Gasteiger partial charge >= 0.3 is 0 Å². The predicted molar refractivity (Wildman–Crippen MR) is 71.7 cm³/mol. The first-order valence-corrected chi connectivity index (χ1v) is 6.37. The first kappa shape index (κ1) is 11.2. The highest BCUT2D eigenvalue weighted by Crippen LogP contribution is 2.30. The maximum atomic E-state index is 5.54. The Hall–Kier alpha value is -1.25. The van der Waals surface area contributed by atoms with Crippen LogP contribution in [0.2, 0.25) is 0 Å². The van der Waals surface area contributed by atoms with Crippen LogP contribution < -0.4 is 5.73 Å². The van der Waals surface area contributed by atoms with Crippen molar-refractivity contribution >= 4 is 11.8 Å². The fourth-order valence-electron chi connectivity index (χ4n) is 1.62. The number of nitrogens with two attached hydrogens (primary N) is 1. The van der Waals surface area contributed by atoms with Gasteiger partial charge in [-0.2, -0.15) is 0 Å². The molecule has 0 radical (unpaired) electrons. The summed E-state index contributed by atoms with van der Waals surface area (Å²) in [6.45, 7) is 0.716. The normalized spacial score (nSPS) is 10.3. The molecule has 0 bridgehead atoms. The Labute approximate surface area is 101 Å². The minimum absolute atomic E-state index is 0.716. The number of thioether (sulfide) groups is 1. The molecule has 2 aromatic carbocycles. The molecule has 0 saturated heterocycles. The molecule has 0 aromatic heterocycles. The van der Waals surface area contributed by atoms with Gasteiger partial charge in [-0.15, -0.1) is 11.8 Å². The molecule has 82 valence electrons. The summed E-state index contributed by atoms with van der Waals surface area (Å²) in [4.78, 5) is 1.30. The third-order valence-corrected chi connectivity index (χ3v) is 3.45. The molecule has 2 rings (SSSR count). The first-order chi connectivity index (χ1) is 7.92. The van der Waals surface area contributed by atoms with E-state index in [1.807, 2.05) is 17.8 Å². The number of benzene rings is 2. The summed E-state index contributed by atoms with van der Waals surface area (Å²) >= 11 is 1.82. The summed E-state index contributed by atoms with van der Waals surface area (Å²) in [6, 6.07) is 18.9. The summed E-state index contributed by atoms with van der Waals surface area (Å²) in [6.07, 6.45) is 0. The van der Waals surface area contributed by atoms with Gasteiger partial charge in [0, 0.05) is 17.2 Å². The van der Waals surface area contributed by atoms with Crippen molar-refractivity contribution in [1.82, 2.24) is 0 Å². The molecule has 0 spiro atoms. The average Bonchev–Trinajstić information content (AvgIpc) is 2.38. The first-order valence-electron chi connectivity index (χ1n) is 5.39. The Morgan fingerprint density at radius 3 is 2.31 bits per heavy atom. The standard InChI is InChI=1S/C14H15NS/c15-10-11-16-14-9-5-4-8-13(14)12-6-2-1-3-7-12/h1-9H,10-11,15H2. The van der Waals surface area contributed by atoms with Crippen molar-refractivity contribution in [3.8, 4) is 11.1 Å². The lowest BCUT2D eigenvalue weighted by Gasteiger charge is -2.08. The van der Waals surface area contributed by atoms with E-state index in [0.29, 0.717) is 6.54 Å². The van der Waals surface area contributed by atoms with Crippen LogP contribution in [-0.2, 0) is 0 Å². The van der Waals surface area contributed by atoms with E-state index in [1.165, 1.54) is 16.0 Å². The van der Waals surface area contributed by atoms with Crippen molar-refractivity contribution in [3.63, 3.8) is 0 Å². The molecule has 2 heteroatoms. The fraction of sp³-hybridized carbons (Fsp3) is 0.143. The maximum Gasteiger partial charge on any atom is 0.0151 e. The molecule has 2 N–H and O–H groups in total. The second kappa shape index (κ2) is 5.73. The average molecular weight is 229 g/mol. The van der Waals surface area contributed by atoms with Crippen molar-refractivity contribution in [2.24, 2.45) is 5.73 Å². The van der Waals surface area contributed by atoms with E-state index >= 15 is 0 Å². The van der Waals surface area contributed by atoms with Gasteiger partial charge in [0.25, 0.3) is 0 Å². The molecule has 1 nitrogen and oxygen atoms in total. The zero-order chi connectivity index (χ0) is 11.2. The zero-order valence-corrected chi connectivity index (χ0v) is 9.91. The SMILES string of the molecule is NCCSc1ccccc1-c1ccccc1. The summed E-state index contributed by atoms with van der Waals surface area (Å²) < 4.78 is 0. The van der Waals surface area contributed by atoms with Crippen molar-refractivity contribution in [2.45, 2.75) is 4.90 Å². The van der Waals surface area contributed by atoms with Crippen molar-refractivity contribution < 1.29 is 0 Å². The zero-order valence-electron chi connectivity index (χ0n) is 9.10. The maximum absolute atomic E-state index is 5.54. The minimum atomic E-state index is 0.716. The molecule has 0 saturated carbocycles. The highest BCUT2D eigenvalue weighted by atomic mass is 32.2. The predicted octanol–water partition coefficient (Wildman–Crippen LogP) is 3.40. The Morgan fingerprint density at radius 1 is 0.875 bits per heavy atom.